The maximum absolute atomic E-state index is 4.65. The van der Waals surface area contributed by atoms with Gasteiger partial charge in [-0.25, -0.2) is 0 Å². The summed E-state index contributed by atoms with van der Waals surface area (Å²) in [5, 5.41) is 7.98. The van der Waals surface area contributed by atoms with Gasteiger partial charge in [0, 0.05) is 17.5 Å². The zero-order chi connectivity index (χ0) is 14.9. The van der Waals surface area contributed by atoms with Gasteiger partial charge in [0.1, 0.15) is 6.33 Å². The summed E-state index contributed by atoms with van der Waals surface area (Å²) in [5.41, 5.74) is 6.23. The fourth-order valence-corrected chi connectivity index (χ4v) is 2.64. The molecule has 106 valence electrons. The smallest absolute Gasteiger partial charge is 0.160 e. The summed E-state index contributed by atoms with van der Waals surface area (Å²) in [6.45, 7) is 2.01. The van der Waals surface area contributed by atoms with Crippen LogP contribution in [0.1, 0.15) is 5.69 Å². The molecule has 4 rings (SSSR count). The summed E-state index contributed by atoms with van der Waals surface area (Å²) in [6.07, 6.45) is 3.76. The van der Waals surface area contributed by atoms with Crippen molar-refractivity contribution in [1.29, 1.82) is 0 Å². The number of aryl methyl sites for hydroxylation is 1. The van der Waals surface area contributed by atoms with E-state index >= 15 is 0 Å². The molecule has 0 aliphatic carbocycles. The summed E-state index contributed by atoms with van der Waals surface area (Å²) in [5.74, 6) is 0. The fourth-order valence-electron chi connectivity index (χ4n) is 2.64. The highest BCUT2D eigenvalue weighted by Gasteiger charge is 2.09. The molecule has 0 atom stereocenters. The van der Waals surface area contributed by atoms with E-state index in [4.69, 9.17) is 0 Å². The van der Waals surface area contributed by atoms with Crippen LogP contribution in [0.4, 0.5) is 0 Å². The highest BCUT2D eigenvalue weighted by molar-refractivity contribution is 5.82. The molecule has 4 heteroatoms. The molecule has 3 aromatic heterocycles. The number of pyridine rings is 2. The highest BCUT2D eigenvalue weighted by atomic mass is 15.2. The molecule has 4 aromatic rings. The summed E-state index contributed by atoms with van der Waals surface area (Å²) >= 11 is 0. The molecular weight excluding hydrogens is 272 g/mol. The Balaban J connectivity index is 1.92. The Kier molecular flexibility index (Phi) is 2.93. The molecule has 0 N–H and O–H groups in total. The largest absolute Gasteiger partial charge is 0.288 e. The Labute approximate surface area is 128 Å². The van der Waals surface area contributed by atoms with E-state index < -0.39 is 0 Å². The molecule has 0 bridgehead atoms. The van der Waals surface area contributed by atoms with Crippen LogP contribution in [0.2, 0.25) is 0 Å². The molecule has 3 heterocycles. The molecule has 0 spiro atoms. The minimum atomic E-state index is 0.843. The first-order valence-corrected chi connectivity index (χ1v) is 7.14. The van der Waals surface area contributed by atoms with Crippen LogP contribution in [-0.2, 0) is 0 Å². The number of rotatable bonds is 2. The zero-order valence-electron chi connectivity index (χ0n) is 12.1. The second-order valence-corrected chi connectivity index (χ2v) is 5.22. The van der Waals surface area contributed by atoms with Gasteiger partial charge >= 0.3 is 0 Å². The number of hydrogen-bond acceptors (Lipinski definition) is 3. The monoisotopic (exact) mass is 286 g/mol. The van der Waals surface area contributed by atoms with Gasteiger partial charge in [-0.05, 0) is 42.3 Å². The predicted molar refractivity (Wildman–Crippen MR) is 86.4 cm³/mol. The van der Waals surface area contributed by atoms with Crippen molar-refractivity contribution in [1.82, 2.24) is 19.6 Å². The summed E-state index contributed by atoms with van der Waals surface area (Å²) in [6, 6.07) is 18.4. The first-order valence-electron chi connectivity index (χ1n) is 7.14. The Hall–Kier alpha value is -3.01. The van der Waals surface area contributed by atoms with Crippen molar-refractivity contribution in [2.75, 3.05) is 0 Å². The number of nitrogens with zero attached hydrogens (tertiary/aromatic N) is 4. The Morgan fingerprint density at radius 2 is 1.73 bits per heavy atom. The van der Waals surface area contributed by atoms with E-state index in [-0.39, 0.29) is 0 Å². The van der Waals surface area contributed by atoms with E-state index in [9.17, 15) is 0 Å². The van der Waals surface area contributed by atoms with Crippen LogP contribution in [-0.4, -0.2) is 19.6 Å². The van der Waals surface area contributed by atoms with E-state index in [0.29, 0.717) is 0 Å². The lowest BCUT2D eigenvalue weighted by molar-refractivity contribution is 1.10. The molecule has 0 fully saturated rings. The minimum Gasteiger partial charge on any atom is -0.288 e. The topological polar surface area (TPSA) is 43.1 Å². The van der Waals surface area contributed by atoms with Gasteiger partial charge in [0.2, 0.25) is 0 Å². The third kappa shape index (κ3) is 2.15. The zero-order valence-corrected chi connectivity index (χ0v) is 12.1. The first kappa shape index (κ1) is 12.7. The lowest BCUT2D eigenvalue weighted by Gasteiger charge is -2.10. The van der Waals surface area contributed by atoms with Crippen LogP contribution >= 0.6 is 0 Å². The summed E-state index contributed by atoms with van der Waals surface area (Å²) < 4.78 is 1.93. The van der Waals surface area contributed by atoms with Crippen molar-refractivity contribution < 1.29 is 0 Å². The molecule has 0 saturated heterocycles. The van der Waals surface area contributed by atoms with Gasteiger partial charge in [0.05, 0.1) is 5.69 Å². The maximum atomic E-state index is 4.65. The van der Waals surface area contributed by atoms with Gasteiger partial charge in [-0.15, -0.1) is 10.2 Å². The average molecular weight is 286 g/mol. The second kappa shape index (κ2) is 5.07. The Morgan fingerprint density at radius 3 is 2.59 bits per heavy atom. The van der Waals surface area contributed by atoms with E-state index in [1.165, 1.54) is 0 Å². The minimum absolute atomic E-state index is 0.843. The molecule has 22 heavy (non-hydrogen) atoms. The van der Waals surface area contributed by atoms with Gasteiger partial charge in [-0.2, -0.15) is 0 Å². The van der Waals surface area contributed by atoms with Gasteiger partial charge in [0.25, 0.3) is 0 Å². The van der Waals surface area contributed by atoms with E-state index in [1.807, 2.05) is 53.9 Å². The number of benzene rings is 1. The summed E-state index contributed by atoms with van der Waals surface area (Å²) in [7, 11) is 0. The van der Waals surface area contributed by atoms with Crippen molar-refractivity contribution in [2.45, 2.75) is 6.92 Å². The third-order valence-corrected chi connectivity index (χ3v) is 3.69. The molecule has 1 aromatic carbocycles. The number of fused-ring (bicyclic) bond motifs is 1. The Morgan fingerprint density at radius 1 is 0.864 bits per heavy atom. The third-order valence-electron chi connectivity index (χ3n) is 3.69. The van der Waals surface area contributed by atoms with Crippen LogP contribution < -0.4 is 0 Å². The lowest BCUT2D eigenvalue weighted by atomic mass is 9.98. The molecule has 0 aliphatic rings. The van der Waals surface area contributed by atoms with Crippen LogP contribution in [0.25, 0.3) is 28.0 Å². The van der Waals surface area contributed by atoms with Crippen LogP contribution in [0.3, 0.4) is 0 Å². The van der Waals surface area contributed by atoms with Crippen molar-refractivity contribution in [3.63, 3.8) is 0 Å². The van der Waals surface area contributed by atoms with E-state index in [2.05, 4.69) is 33.4 Å². The van der Waals surface area contributed by atoms with Crippen molar-refractivity contribution in [2.24, 2.45) is 0 Å². The van der Waals surface area contributed by atoms with Crippen molar-refractivity contribution >= 4 is 5.65 Å². The van der Waals surface area contributed by atoms with Crippen LogP contribution in [0.5, 0.6) is 0 Å². The van der Waals surface area contributed by atoms with E-state index in [1.54, 1.807) is 6.33 Å². The fraction of sp³-hybridized carbons (Fsp3) is 0.0556. The van der Waals surface area contributed by atoms with Crippen LogP contribution in [0.15, 0.2) is 67.1 Å². The number of hydrogen-bond donors (Lipinski definition) is 0. The van der Waals surface area contributed by atoms with Gasteiger partial charge in [0.15, 0.2) is 5.65 Å². The highest BCUT2D eigenvalue weighted by Crippen LogP contribution is 2.31. The predicted octanol–water partition coefficient (Wildman–Crippen LogP) is 3.77. The molecule has 4 nitrogen and oxygen atoms in total. The van der Waals surface area contributed by atoms with Crippen LogP contribution in [0, 0.1) is 6.92 Å². The Bertz CT molecular complexity index is 956. The van der Waals surface area contributed by atoms with Gasteiger partial charge in [-0.1, -0.05) is 30.3 Å². The lowest BCUT2D eigenvalue weighted by Crippen LogP contribution is -1.91. The van der Waals surface area contributed by atoms with Crippen molar-refractivity contribution in [3.05, 3.63) is 72.8 Å². The maximum Gasteiger partial charge on any atom is 0.160 e. The normalized spacial score (nSPS) is 11.0. The molecule has 0 unspecified atom stereocenters. The van der Waals surface area contributed by atoms with Gasteiger partial charge in [-0.3, -0.25) is 9.38 Å². The average Bonchev–Trinajstić information content (AvgIpc) is 3.02. The number of aromatic nitrogens is 4. The molecule has 0 radical (unpaired) electrons. The molecule has 0 amide bonds. The molecular formula is C18H14N4. The summed E-state index contributed by atoms with van der Waals surface area (Å²) in [4.78, 5) is 4.65. The van der Waals surface area contributed by atoms with E-state index in [0.717, 1.165) is 33.7 Å². The quantitative estimate of drug-likeness (QED) is 0.563. The van der Waals surface area contributed by atoms with Crippen molar-refractivity contribution in [3.8, 4) is 22.4 Å². The SMILES string of the molecule is Cc1cccc(-c2ccccc2-c2ccc3nncn3c2)n1. The first-order chi connectivity index (χ1) is 10.8. The van der Waals surface area contributed by atoms with Gasteiger partial charge < -0.3 is 0 Å². The second-order valence-electron chi connectivity index (χ2n) is 5.22. The molecule has 0 saturated carbocycles. The molecule has 0 aliphatic heterocycles. The standard InChI is InChI=1S/C18H14N4/c1-13-5-4-8-17(20-13)16-7-3-2-6-15(16)14-9-10-18-21-19-12-22(18)11-14/h2-12H,1H3.